The van der Waals surface area contributed by atoms with Crippen molar-refractivity contribution in [3.05, 3.63) is 63.3 Å². The summed E-state index contributed by atoms with van der Waals surface area (Å²) < 4.78 is 6.43. The van der Waals surface area contributed by atoms with E-state index >= 15 is 0 Å². The number of imidazole rings is 1. The first kappa shape index (κ1) is 16.0. The van der Waals surface area contributed by atoms with Crippen molar-refractivity contribution in [2.75, 3.05) is 0 Å². The van der Waals surface area contributed by atoms with Crippen LogP contribution >= 0.6 is 0 Å². The van der Waals surface area contributed by atoms with E-state index in [0.717, 1.165) is 12.0 Å². The smallest absolute Gasteiger partial charge is 0.330 e. The molecule has 1 aromatic carbocycles. The van der Waals surface area contributed by atoms with Gasteiger partial charge in [-0.3, -0.25) is 14.3 Å². The molecule has 3 heterocycles. The summed E-state index contributed by atoms with van der Waals surface area (Å²) in [6, 6.07) is 9.55. The number of aryl methyl sites for hydroxylation is 1. The average molecular weight is 352 g/mol. The minimum atomic E-state index is -0.458. The second-order valence-corrected chi connectivity index (χ2v) is 5.85. The topological polar surface area (TPSA) is 122 Å². The fraction of sp³-hybridized carbons (Fsp3) is 0.235. The fourth-order valence-corrected chi connectivity index (χ4v) is 2.76. The van der Waals surface area contributed by atoms with Gasteiger partial charge in [0.05, 0.1) is 6.33 Å². The molecule has 0 aliphatic heterocycles. The van der Waals surface area contributed by atoms with Crippen LogP contribution in [0.25, 0.3) is 22.6 Å². The molecule has 3 aromatic heterocycles. The van der Waals surface area contributed by atoms with Crippen molar-refractivity contribution < 1.29 is 4.52 Å². The van der Waals surface area contributed by atoms with Gasteiger partial charge in [-0.15, -0.1) is 0 Å². The molecule has 0 fully saturated rings. The summed E-state index contributed by atoms with van der Waals surface area (Å²) in [4.78, 5) is 37.8. The second kappa shape index (κ2) is 6.79. The molecule has 0 atom stereocenters. The molecular formula is C17H16N6O3. The molecule has 0 spiro atoms. The van der Waals surface area contributed by atoms with Gasteiger partial charge in [0.15, 0.2) is 11.5 Å². The monoisotopic (exact) mass is 352 g/mol. The van der Waals surface area contributed by atoms with E-state index in [4.69, 9.17) is 4.52 Å². The van der Waals surface area contributed by atoms with Gasteiger partial charge in [0.1, 0.15) is 5.52 Å². The number of benzene rings is 1. The zero-order valence-electron chi connectivity index (χ0n) is 13.8. The van der Waals surface area contributed by atoms with Crippen LogP contribution in [0.1, 0.15) is 18.7 Å². The SMILES string of the molecule is O=c1[nH]c2nc[nH]c2c(=O)n1CCCCc1noc(-c2ccccc2)n1. The van der Waals surface area contributed by atoms with Crippen LogP contribution in [0, 0.1) is 0 Å². The van der Waals surface area contributed by atoms with E-state index in [1.54, 1.807) is 0 Å². The van der Waals surface area contributed by atoms with Crippen molar-refractivity contribution >= 4 is 11.2 Å². The molecule has 9 nitrogen and oxygen atoms in total. The molecule has 0 unspecified atom stereocenters. The first-order chi connectivity index (χ1) is 12.7. The van der Waals surface area contributed by atoms with E-state index < -0.39 is 5.69 Å². The van der Waals surface area contributed by atoms with E-state index in [1.807, 2.05) is 30.3 Å². The van der Waals surface area contributed by atoms with Crippen LogP contribution in [-0.2, 0) is 13.0 Å². The summed E-state index contributed by atoms with van der Waals surface area (Å²) >= 11 is 0. The van der Waals surface area contributed by atoms with E-state index in [9.17, 15) is 9.59 Å². The van der Waals surface area contributed by atoms with Crippen molar-refractivity contribution in [2.45, 2.75) is 25.8 Å². The molecule has 0 bridgehead atoms. The first-order valence-electron chi connectivity index (χ1n) is 8.26. The summed E-state index contributed by atoms with van der Waals surface area (Å²) in [6.45, 7) is 0.312. The quantitative estimate of drug-likeness (QED) is 0.507. The normalized spacial score (nSPS) is 11.2. The Balaban J connectivity index is 1.38. The molecule has 0 saturated heterocycles. The fourth-order valence-electron chi connectivity index (χ4n) is 2.76. The predicted octanol–water partition coefficient (Wildman–Crippen LogP) is 1.49. The van der Waals surface area contributed by atoms with Crippen LogP contribution in [0.4, 0.5) is 0 Å². The Morgan fingerprint density at radius 2 is 1.96 bits per heavy atom. The van der Waals surface area contributed by atoms with E-state index in [1.165, 1.54) is 10.9 Å². The van der Waals surface area contributed by atoms with E-state index in [0.29, 0.717) is 36.6 Å². The van der Waals surface area contributed by atoms with Gasteiger partial charge < -0.3 is 9.51 Å². The highest BCUT2D eigenvalue weighted by atomic mass is 16.5. The van der Waals surface area contributed by atoms with Gasteiger partial charge in [-0.1, -0.05) is 23.4 Å². The lowest BCUT2D eigenvalue weighted by molar-refractivity contribution is 0.420. The highest BCUT2D eigenvalue weighted by Gasteiger charge is 2.10. The van der Waals surface area contributed by atoms with Crippen LogP contribution in [0.3, 0.4) is 0 Å². The molecule has 4 aromatic rings. The molecule has 0 radical (unpaired) electrons. The predicted molar refractivity (Wildman–Crippen MR) is 93.6 cm³/mol. The minimum absolute atomic E-state index is 0.275. The van der Waals surface area contributed by atoms with Crippen LogP contribution < -0.4 is 11.2 Å². The first-order valence-corrected chi connectivity index (χ1v) is 8.26. The Kier molecular flexibility index (Phi) is 4.18. The van der Waals surface area contributed by atoms with Crippen molar-refractivity contribution in [2.24, 2.45) is 0 Å². The summed E-state index contributed by atoms with van der Waals surface area (Å²) in [5.41, 5.74) is 0.622. The zero-order valence-corrected chi connectivity index (χ0v) is 13.8. The van der Waals surface area contributed by atoms with Gasteiger partial charge in [0.2, 0.25) is 0 Å². The Labute approximate surface area is 146 Å². The molecule has 0 aliphatic carbocycles. The molecule has 0 amide bonds. The third-order valence-corrected chi connectivity index (χ3v) is 4.09. The Morgan fingerprint density at radius 1 is 1.12 bits per heavy atom. The van der Waals surface area contributed by atoms with E-state index in [2.05, 4.69) is 25.1 Å². The maximum atomic E-state index is 12.3. The van der Waals surface area contributed by atoms with Crippen LogP contribution in [0.2, 0.25) is 0 Å². The molecule has 2 N–H and O–H groups in total. The van der Waals surface area contributed by atoms with Gasteiger partial charge in [-0.05, 0) is 25.0 Å². The van der Waals surface area contributed by atoms with Crippen molar-refractivity contribution in [3.63, 3.8) is 0 Å². The number of nitrogens with one attached hydrogen (secondary N) is 2. The molecule has 26 heavy (non-hydrogen) atoms. The maximum absolute atomic E-state index is 12.3. The van der Waals surface area contributed by atoms with Gasteiger partial charge in [-0.25, -0.2) is 9.78 Å². The Hall–Kier alpha value is -3.49. The number of nitrogens with zero attached hydrogens (tertiary/aromatic N) is 4. The van der Waals surface area contributed by atoms with Crippen LogP contribution in [0.5, 0.6) is 0 Å². The summed E-state index contributed by atoms with van der Waals surface area (Å²) in [5, 5.41) is 3.97. The van der Waals surface area contributed by atoms with Crippen LogP contribution in [0.15, 0.2) is 50.8 Å². The van der Waals surface area contributed by atoms with Crippen molar-refractivity contribution in [3.8, 4) is 11.5 Å². The highest BCUT2D eigenvalue weighted by molar-refractivity contribution is 5.67. The standard InChI is InChI=1S/C17H16N6O3/c24-16-13-14(19-10-18-13)21-17(25)23(16)9-5-4-8-12-20-15(26-22-12)11-6-2-1-3-7-11/h1-3,6-7,10H,4-5,8-9H2,(H,18,19)(H,21,25). The number of hydrogen-bond donors (Lipinski definition) is 2. The molecule has 9 heteroatoms. The number of hydrogen-bond acceptors (Lipinski definition) is 6. The number of aromatic amines is 2. The third-order valence-electron chi connectivity index (χ3n) is 4.09. The molecule has 0 saturated carbocycles. The van der Waals surface area contributed by atoms with Crippen molar-refractivity contribution in [1.82, 2.24) is 29.7 Å². The second-order valence-electron chi connectivity index (χ2n) is 5.85. The van der Waals surface area contributed by atoms with Crippen LogP contribution in [-0.4, -0.2) is 29.7 Å². The highest BCUT2D eigenvalue weighted by Crippen LogP contribution is 2.16. The lowest BCUT2D eigenvalue weighted by atomic mass is 10.2. The van der Waals surface area contributed by atoms with Gasteiger partial charge in [0.25, 0.3) is 11.4 Å². The Bertz CT molecular complexity index is 1140. The lowest BCUT2D eigenvalue weighted by Crippen LogP contribution is -2.35. The number of fused-ring (bicyclic) bond motifs is 1. The van der Waals surface area contributed by atoms with E-state index in [-0.39, 0.29) is 11.2 Å². The number of aromatic nitrogens is 6. The summed E-state index contributed by atoms with van der Waals surface area (Å²) in [7, 11) is 0. The number of rotatable bonds is 6. The molecule has 4 rings (SSSR count). The van der Waals surface area contributed by atoms with Crippen molar-refractivity contribution in [1.29, 1.82) is 0 Å². The number of H-pyrrole nitrogens is 2. The minimum Gasteiger partial charge on any atom is -0.339 e. The molecular weight excluding hydrogens is 336 g/mol. The largest absolute Gasteiger partial charge is 0.339 e. The molecule has 132 valence electrons. The zero-order chi connectivity index (χ0) is 17.9. The maximum Gasteiger partial charge on any atom is 0.330 e. The lowest BCUT2D eigenvalue weighted by Gasteiger charge is -2.03. The summed E-state index contributed by atoms with van der Waals surface area (Å²) in [6.07, 6.45) is 3.35. The average Bonchev–Trinajstić information content (AvgIpc) is 3.31. The number of unbranched alkanes of at least 4 members (excludes halogenated alkanes) is 1. The van der Waals surface area contributed by atoms with Gasteiger partial charge in [-0.2, -0.15) is 4.98 Å². The Morgan fingerprint density at radius 3 is 2.81 bits per heavy atom. The van der Waals surface area contributed by atoms with Gasteiger partial charge >= 0.3 is 5.69 Å². The third kappa shape index (κ3) is 3.06. The molecule has 0 aliphatic rings. The van der Waals surface area contributed by atoms with Gasteiger partial charge in [0, 0.05) is 18.5 Å². The summed E-state index contributed by atoms with van der Waals surface area (Å²) in [5.74, 6) is 1.09.